The Hall–Kier alpha value is -5.13. The van der Waals surface area contributed by atoms with Gasteiger partial charge in [0.1, 0.15) is 34.6 Å². The number of alkyl halides is 2. The molecule has 46 heavy (non-hydrogen) atoms. The molecule has 4 aromatic carbocycles. The van der Waals surface area contributed by atoms with Crippen molar-refractivity contribution in [2.24, 2.45) is 0 Å². The summed E-state index contributed by atoms with van der Waals surface area (Å²) in [4.78, 5) is 8.44. The van der Waals surface area contributed by atoms with Gasteiger partial charge in [0, 0.05) is 35.2 Å². The molecule has 0 aliphatic carbocycles. The third-order valence-electron chi connectivity index (χ3n) is 6.89. The summed E-state index contributed by atoms with van der Waals surface area (Å²) < 4.78 is 134. The summed E-state index contributed by atoms with van der Waals surface area (Å²) in [5.41, 5.74) is -2.32. The van der Waals surface area contributed by atoms with Crippen LogP contribution in [0.15, 0.2) is 85.2 Å². The molecule has 0 saturated heterocycles. The van der Waals surface area contributed by atoms with Crippen molar-refractivity contribution in [1.29, 1.82) is 0 Å². The van der Waals surface area contributed by atoms with Gasteiger partial charge < -0.3 is 4.74 Å². The normalized spacial score (nSPS) is 11.8. The lowest BCUT2D eigenvalue weighted by molar-refractivity contribution is -0.189. The Bertz CT molecular complexity index is 1900. The fourth-order valence-corrected chi connectivity index (χ4v) is 4.65. The van der Waals surface area contributed by atoms with Crippen LogP contribution in [0.3, 0.4) is 0 Å². The first kappa shape index (κ1) is 32.3. The van der Waals surface area contributed by atoms with Gasteiger partial charge in [0.05, 0.1) is 0 Å². The minimum Gasteiger partial charge on any atom is -0.429 e. The Labute approximate surface area is 256 Å². The minimum absolute atomic E-state index is 0.200. The van der Waals surface area contributed by atoms with Gasteiger partial charge in [-0.2, -0.15) is 8.78 Å². The lowest BCUT2D eigenvalue weighted by Gasteiger charge is -2.20. The Morgan fingerprint density at radius 2 is 1.17 bits per heavy atom. The molecule has 1 heterocycles. The van der Waals surface area contributed by atoms with Crippen LogP contribution in [0.2, 0.25) is 0 Å². The average Bonchev–Trinajstić information content (AvgIpc) is 2.99. The zero-order valence-corrected chi connectivity index (χ0v) is 23.7. The molecule has 3 nitrogen and oxygen atoms in total. The molecule has 5 rings (SSSR count). The quantitative estimate of drug-likeness (QED) is 0.0910. The maximum Gasteiger partial charge on any atom is 0.432 e. The van der Waals surface area contributed by atoms with Crippen LogP contribution in [0.25, 0.3) is 33.6 Å². The van der Waals surface area contributed by atoms with E-state index in [1.54, 1.807) is 12.4 Å². The van der Waals surface area contributed by atoms with Gasteiger partial charge in [-0.05, 0) is 78.9 Å². The monoisotopic (exact) mass is 644 g/mol. The number of halogens is 9. The average molecular weight is 645 g/mol. The first-order valence-corrected chi connectivity index (χ1v) is 13.6. The standard InChI is InChI=1S/C34H21F9N2O/c1-2-3-4-5-18-16-44-33(45-17-18)19-6-8-23(25(35)10-19)20-11-27(37)31(28(38)12-20)34(42,43)46-22-7-9-24(26(36)15-22)21-13-29(39)32(41)30(40)14-21/h2-3,6-17H,4-5H2,1H3. The van der Waals surface area contributed by atoms with Gasteiger partial charge in [-0.15, -0.1) is 0 Å². The molecular weight excluding hydrogens is 623 g/mol. The molecule has 0 radical (unpaired) electrons. The van der Waals surface area contributed by atoms with Crippen LogP contribution in [-0.2, 0) is 12.5 Å². The minimum atomic E-state index is -4.69. The van der Waals surface area contributed by atoms with Crippen molar-refractivity contribution in [2.75, 3.05) is 0 Å². The number of nitrogens with zero attached hydrogens (tertiary/aromatic N) is 2. The van der Waals surface area contributed by atoms with Crippen LogP contribution in [0.4, 0.5) is 39.5 Å². The first-order chi connectivity index (χ1) is 21.9. The molecular formula is C34H21F9N2O. The van der Waals surface area contributed by atoms with E-state index in [0.29, 0.717) is 36.8 Å². The molecule has 0 spiro atoms. The van der Waals surface area contributed by atoms with Crippen molar-refractivity contribution in [1.82, 2.24) is 9.97 Å². The van der Waals surface area contributed by atoms with E-state index in [-0.39, 0.29) is 17.0 Å². The predicted octanol–water partition coefficient (Wildman–Crippen LogP) is 10.1. The number of benzene rings is 4. The Balaban J connectivity index is 1.37. The third kappa shape index (κ3) is 6.75. The molecule has 1 aromatic heterocycles. The Kier molecular flexibility index (Phi) is 9.17. The fourth-order valence-electron chi connectivity index (χ4n) is 4.65. The summed E-state index contributed by atoms with van der Waals surface area (Å²) in [7, 11) is 0. The van der Waals surface area contributed by atoms with E-state index >= 15 is 4.39 Å². The van der Waals surface area contributed by atoms with E-state index in [1.165, 1.54) is 12.1 Å². The number of ether oxygens (including phenoxy) is 1. The van der Waals surface area contributed by atoms with Crippen LogP contribution < -0.4 is 4.74 Å². The van der Waals surface area contributed by atoms with Gasteiger partial charge in [-0.25, -0.2) is 40.7 Å². The predicted molar refractivity (Wildman–Crippen MR) is 152 cm³/mol. The van der Waals surface area contributed by atoms with E-state index < -0.39 is 74.8 Å². The molecule has 0 bridgehead atoms. The number of rotatable bonds is 9. The molecule has 5 aromatic rings. The fraction of sp³-hybridized carbons (Fsp3) is 0.118. The largest absolute Gasteiger partial charge is 0.432 e. The van der Waals surface area contributed by atoms with E-state index in [4.69, 9.17) is 0 Å². The lowest BCUT2D eigenvalue weighted by atomic mass is 10.00. The zero-order valence-electron chi connectivity index (χ0n) is 23.7. The SMILES string of the molecule is CC=CCCc1cnc(-c2ccc(-c3cc(F)c(C(F)(F)Oc4ccc(-c5cc(F)c(F)c(F)c5)c(F)c4)c(F)c3)c(F)c2)nc1. The van der Waals surface area contributed by atoms with Crippen molar-refractivity contribution in [3.63, 3.8) is 0 Å². The highest BCUT2D eigenvalue weighted by atomic mass is 19.3. The molecule has 0 aliphatic rings. The van der Waals surface area contributed by atoms with Crippen LogP contribution in [-0.4, -0.2) is 9.97 Å². The summed E-state index contributed by atoms with van der Waals surface area (Å²) in [6.07, 6.45) is 3.92. The number of aryl methyl sites for hydroxylation is 1. The molecule has 0 aliphatic heterocycles. The van der Waals surface area contributed by atoms with E-state index in [9.17, 15) is 35.1 Å². The maximum absolute atomic E-state index is 15.1. The summed E-state index contributed by atoms with van der Waals surface area (Å²) in [6, 6.07) is 7.56. The van der Waals surface area contributed by atoms with Gasteiger partial charge in [0.2, 0.25) is 0 Å². The van der Waals surface area contributed by atoms with Gasteiger partial charge in [-0.1, -0.05) is 24.3 Å². The van der Waals surface area contributed by atoms with Crippen molar-refractivity contribution < 1.29 is 44.3 Å². The van der Waals surface area contributed by atoms with Crippen molar-refractivity contribution >= 4 is 0 Å². The number of hydrogen-bond donors (Lipinski definition) is 0. The summed E-state index contributed by atoms with van der Waals surface area (Å²) in [5.74, 6) is -11.5. The summed E-state index contributed by atoms with van der Waals surface area (Å²) in [6.45, 7) is 1.90. The van der Waals surface area contributed by atoms with Crippen LogP contribution in [0, 0.1) is 40.7 Å². The van der Waals surface area contributed by atoms with Crippen molar-refractivity contribution in [2.45, 2.75) is 25.9 Å². The van der Waals surface area contributed by atoms with E-state index in [1.807, 2.05) is 19.1 Å². The number of aromatic nitrogens is 2. The van der Waals surface area contributed by atoms with E-state index in [2.05, 4.69) is 14.7 Å². The van der Waals surface area contributed by atoms with Gasteiger partial charge >= 0.3 is 6.11 Å². The molecule has 0 unspecified atom stereocenters. The summed E-state index contributed by atoms with van der Waals surface area (Å²) in [5, 5.41) is 0. The Morgan fingerprint density at radius 3 is 1.72 bits per heavy atom. The lowest BCUT2D eigenvalue weighted by Crippen LogP contribution is -2.25. The van der Waals surface area contributed by atoms with Crippen LogP contribution in [0.1, 0.15) is 24.5 Å². The third-order valence-corrected chi connectivity index (χ3v) is 6.89. The number of allylic oxidation sites excluding steroid dienone is 2. The van der Waals surface area contributed by atoms with Gasteiger partial charge in [-0.3, -0.25) is 0 Å². The molecule has 0 N–H and O–H groups in total. The second kappa shape index (κ2) is 13.1. The van der Waals surface area contributed by atoms with Gasteiger partial charge in [0.25, 0.3) is 0 Å². The van der Waals surface area contributed by atoms with Crippen molar-refractivity contribution in [3.05, 3.63) is 137 Å². The summed E-state index contributed by atoms with van der Waals surface area (Å²) >= 11 is 0. The molecule has 0 fully saturated rings. The zero-order chi connectivity index (χ0) is 33.2. The van der Waals surface area contributed by atoms with E-state index in [0.717, 1.165) is 30.2 Å². The Morgan fingerprint density at radius 1 is 0.652 bits per heavy atom. The van der Waals surface area contributed by atoms with Crippen molar-refractivity contribution in [3.8, 4) is 39.4 Å². The highest BCUT2D eigenvalue weighted by Crippen LogP contribution is 2.39. The molecule has 236 valence electrons. The second-order valence-electron chi connectivity index (χ2n) is 10.0. The van der Waals surface area contributed by atoms with Crippen LogP contribution >= 0.6 is 0 Å². The number of hydrogen-bond acceptors (Lipinski definition) is 3. The topological polar surface area (TPSA) is 35.0 Å². The molecule has 0 amide bonds. The molecule has 12 heteroatoms. The maximum atomic E-state index is 15.1. The molecule has 0 atom stereocenters. The smallest absolute Gasteiger partial charge is 0.429 e. The van der Waals surface area contributed by atoms with Crippen LogP contribution in [0.5, 0.6) is 5.75 Å². The highest BCUT2D eigenvalue weighted by Gasteiger charge is 2.41. The van der Waals surface area contributed by atoms with Gasteiger partial charge in [0.15, 0.2) is 23.3 Å². The first-order valence-electron chi connectivity index (χ1n) is 13.6. The second-order valence-corrected chi connectivity index (χ2v) is 10.0. The molecule has 0 saturated carbocycles. The highest BCUT2D eigenvalue weighted by molar-refractivity contribution is 5.69.